The third-order valence-corrected chi connectivity index (χ3v) is 4.70. The van der Waals surface area contributed by atoms with E-state index in [1.807, 2.05) is 24.3 Å². The Morgan fingerprint density at radius 2 is 1.81 bits per heavy atom. The molecule has 0 bridgehead atoms. The molecular weight excluding hydrogens is 355 g/mol. The van der Waals surface area contributed by atoms with Gasteiger partial charge in [-0.1, -0.05) is 35.9 Å². The summed E-state index contributed by atoms with van der Waals surface area (Å²) in [5.41, 5.74) is 1.21. The number of halogens is 2. The Hall–Kier alpha value is -2.11. The van der Waals surface area contributed by atoms with Crippen LogP contribution in [-0.2, 0) is 11.3 Å². The minimum absolute atomic E-state index is 0.110. The third kappa shape index (κ3) is 5.19. The van der Waals surface area contributed by atoms with Crippen LogP contribution >= 0.6 is 11.6 Å². The van der Waals surface area contributed by atoms with Crippen molar-refractivity contribution in [1.82, 2.24) is 9.80 Å². The quantitative estimate of drug-likeness (QED) is 0.799. The molecule has 4 nitrogen and oxygen atoms in total. The number of nitrogens with zero attached hydrogens (tertiary/aromatic N) is 2. The maximum absolute atomic E-state index is 13.6. The monoisotopic (exact) mass is 376 g/mol. The maximum atomic E-state index is 13.6. The van der Waals surface area contributed by atoms with Gasteiger partial charge in [-0.25, -0.2) is 4.39 Å². The van der Waals surface area contributed by atoms with Gasteiger partial charge in [0.05, 0.1) is 0 Å². The summed E-state index contributed by atoms with van der Waals surface area (Å²) in [6.45, 7) is 3.77. The zero-order chi connectivity index (χ0) is 18.4. The zero-order valence-corrected chi connectivity index (χ0v) is 15.3. The SMILES string of the molecule is O=C(COc1ccccc1F)N1CCCN(Cc2ccc(Cl)cc2)CC1. The lowest BCUT2D eigenvalue weighted by Crippen LogP contribution is -2.38. The zero-order valence-electron chi connectivity index (χ0n) is 14.5. The lowest BCUT2D eigenvalue weighted by molar-refractivity contribution is -0.133. The largest absolute Gasteiger partial charge is 0.481 e. The molecule has 2 aromatic rings. The van der Waals surface area contributed by atoms with Gasteiger partial charge in [0.2, 0.25) is 0 Å². The summed E-state index contributed by atoms with van der Waals surface area (Å²) in [4.78, 5) is 16.5. The lowest BCUT2D eigenvalue weighted by atomic mass is 10.2. The number of hydrogen-bond donors (Lipinski definition) is 0. The highest BCUT2D eigenvalue weighted by molar-refractivity contribution is 6.30. The first kappa shape index (κ1) is 18.7. The molecule has 0 atom stereocenters. The highest BCUT2D eigenvalue weighted by Gasteiger charge is 2.20. The van der Waals surface area contributed by atoms with E-state index < -0.39 is 5.82 Å². The molecule has 0 aromatic heterocycles. The van der Waals surface area contributed by atoms with Crippen molar-refractivity contribution in [2.24, 2.45) is 0 Å². The fourth-order valence-electron chi connectivity index (χ4n) is 3.02. The summed E-state index contributed by atoms with van der Waals surface area (Å²) in [5.74, 6) is -0.452. The third-order valence-electron chi connectivity index (χ3n) is 4.45. The van der Waals surface area contributed by atoms with E-state index in [0.29, 0.717) is 13.1 Å². The summed E-state index contributed by atoms with van der Waals surface area (Å²) < 4.78 is 18.9. The Morgan fingerprint density at radius 3 is 2.58 bits per heavy atom. The van der Waals surface area contributed by atoms with Crippen molar-refractivity contribution in [3.63, 3.8) is 0 Å². The second-order valence-electron chi connectivity index (χ2n) is 6.36. The van der Waals surface area contributed by atoms with Crippen LogP contribution < -0.4 is 4.74 Å². The van der Waals surface area contributed by atoms with E-state index in [0.717, 1.165) is 31.1 Å². The van der Waals surface area contributed by atoms with E-state index in [9.17, 15) is 9.18 Å². The predicted octanol–water partition coefficient (Wildman–Crippen LogP) is 3.59. The van der Waals surface area contributed by atoms with Crippen LogP contribution in [0.2, 0.25) is 5.02 Å². The number of hydrogen-bond acceptors (Lipinski definition) is 3. The van der Waals surface area contributed by atoms with Crippen LogP contribution in [0.4, 0.5) is 4.39 Å². The Morgan fingerprint density at radius 1 is 1.04 bits per heavy atom. The molecule has 1 aliphatic rings. The highest BCUT2D eigenvalue weighted by atomic mass is 35.5. The number of benzene rings is 2. The van der Waals surface area contributed by atoms with Crippen LogP contribution in [0.15, 0.2) is 48.5 Å². The first-order valence-corrected chi connectivity index (χ1v) is 9.11. The molecular formula is C20H22ClFN2O2. The molecule has 0 unspecified atom stereocenters. The van der Waals surface area contributed by atoms with Crippen molar-refractivity contribution in [3.8, 4) is 5.75 Å². The maximum Gasteiger partial charge on any atom is 0.260 e. The molecule has 6 heteroatoms. The smallest absolute Gasteiger partial charge is 0.260 e. The van der Waals surface area contributed by atoms with Crippen LogP contribution in [0.1, 0.15) is 12.0 Å². The number of carbonyl (C=O) groups excluding carboxylic acids is 1. The van der Waals surface area contributed by atoms with Gasteiger partial charge in [0, 0.05) is 37.7 Å². The summed E-state index contributed by atoms with van der Waals surface area (Å²) in [6, 6.07) is 14.0. The molecule has 0 spiro atoms. The van der Waals surface area contributed by atoms with Crippen LogP contribution in [0.25, 0.3) is 0 Å². The van der Waals surface area contributed by atoms with Gasteiger partial charge in [-0.3, -0.25) is 9.69 Å². The fraction of sp³-hybridized carbons (Fsp3) is 0.350. The van der Waals surface area contributed by atoms with Gasteiger partial charge in [-0.05, 0) is 36.2 Å². The number of amides is 1. The minimum atomic E-state index is -0.453. The molecule has 0 N–H and O–H groups in total. The highest BCUT2D eigenvalue weighted by Crippen LogP contribution is 2.16. The van der Waals surface area contributed by atoms with Crippen LogP contribution in [0, 0.1) is 5.82 Å². The second-order valence-corrected chi connectivity index (χ2v) is 6.79. The predicted molar refractivity (Wildman–Crippen MR) is 99.8 cm³/mol. The molecule has 1 aliphatic heterocycles. The number of para-hydroxylation sites is 1. The van der Waals surface area contributed by atoms with E-state index in [1.54, 1.807) is 17.0 Å². The van der Waals surface area contributed by atoms with Gasteiger partial charge in [0.1, 0.15) is 0 Å². The van der Waals surface area contributed by atoms with Gasteiger partial charge in [0.25, 0.3) is 5.91 Å². The summed E-state index contributed by atoms with van der Waals surface area (Å²) in [5, 5.41) is 0.733. The molecule has 0 aliphatic carbocycles. The van der Waals surface area contributed by atoms with Crippen molar-refractivity contribution in [1.29, 1.82) is 0 Å². The Labute approximate surface area is 158 Å². The molecule has 1 heterocycles. The first-order chi connectivity index (χ1) is 12.6. The normalized spacial score (nSPS) is 15.5. The van der Waals surface area contributed by atoms with Gasteiger partial charge < -0.3 is 9.64 Å². The molecule has 1 saturated heterocycles. The lowest BCUT2D eigenvalue weighted by Gasteiger charge is -2.22. The Kier molecular flexibility index (Phi) is 6.47. The first-order valence-electron chi connectivity index (χ1n) is 8.74. The Balaban J connectivity index is 1.49. The van der Waals surface area contributed by atoms with Crippen LogP contribution in [0.3, 0.4) is 0 Å². The fourth-order valence-corrected chi connectivity index (χ4v) is 3.14. The van der Waals surface area contributed by atoms with Gasteiger partial charge >= 0.3 is 0 Å². The second kappa shape index (κ2) is 9.01. The summed E-state index contributed by atoms with van der Waals surface area (Å²) in [7, 11) is 0. The van der Waals surface area contributed by atoms with Crippen molar-refractivity contribution in [3.05, 3.63) is 64.9 Å². The van der Waals surface area contributed by atoms with Gasteiger partial charge in [-0.2, -0.15) is 0 Å². The van der Waals surface area contributed by atoms with Gasteiger partial charge in [-0.15, -0.1) is 0 Å². The number of carbonyl (C=O) groups is 1. The molecule has 1 fully saturated rings. The molecule has 26 heavy (non-hydrogen) atoms. The van der Waals surface area contributed by atoms with E-state index in [2.05, 4.69) is 4.90 Å². The molecule has 2 aromatic carbocycles. The topological polar surface area (TPSA) is 32.8 Å². The van der Waals surface area contributed by atoms with E-state index in [1.165, 1.54) is 17.7 Å². The Bertz CT molecular complexity index is 739. The average molecular weight is 377 g/mol. The molecule has 0 radical (unpaired) electrons. The average Bonchev–Trinajstić information content (AvgIpc) is 2.88. The van der Waals surface area contributed by atoms with Crippen molar-refractivity contribution < 1.29 is 13.9 Å². The van der Waals surface area contributed by atoms with E-state index >= 15 is 0 Å². The van der Waals surface area contributed by atoms with Crippen molar-refractivity contribution in [2.45, 2.75) is 13.0 Å². The molecule has 1 amide bonds. The summed E-state index contributed by atoms with van der Waals surface area (Å²) >= 11 is 5.93. The van der Waals surface area contributed by atoms with Crippen molar-refractivity contribution in [2.75, 3.05) is 32.8 Å². The standard InChI is InChI=1S/C20H22ClFN2O2/c21-17-8-6-16(7-9-17)14-23-10-3-11-24(13-12-23)20(25)15-26-19-5-2-1-4-18(19)22/h1-2,4-9H,3,10-15H2. The van der Waals surface area contributed by atoms with Crippen LogP contribution in [-0.4, -0.2) is 48.5 Å². The number of ether oxygens (including phenoxy) is 1. The number of rotatable bonds is 5. The minimum Gasteiger partial charge on any atom is -0.481 e. The van der Waals surface area contributed by atoms with E-state index in [-0.39, 0.29) is 18.3 Å². The molecule has 0 saturated carbocycles. The van der Waals surface area contributed by atoms with Crippen LogP contribution in [0.5, 0.6) is 5.75 Å². The summed E-state index contributed by atoms with van der Waals surface area (Å²) in [6.07, 6.45) is 0.902. The van der Waals surface area contributed by atoms with E-state index in [4.69, 9.17) is 16.3 Å². The van der Waals surface area contributed by atoms with Gasteiger partial charge in [0.15, 0.2) is 18.2 Å². The molecule has 138 valence electrons. The molecule has 3 rings (SSSR count). The van der Waals surface area contributed by atoms with Crippen molar-refractivity contribution >= 4 is 17.5 Å².